The summed E-state index contributed by atoms with van der Waals surface area (Å²) in [6.07, 6.45) is 1.39. The van der Waals surface area contributed by atoms with Gasteiger partial charge < -0.3 is 4.57 Å². The topological polar surface area (TPSA) is 58.7 Å². The van der Waals surface area contributed by atoms with Crippen molar-refractivity contribution in [2.24, 2.45) is 5.41 Å². The molecule has 1 aromatic carbocycles. The van der Waals surface area contributed by atoms with Crippen LogP contribution >= 0.6 is 0 Å². The summed E-state index contributed by atoms with van der Waals surface area (Å²) < 4.78 is 15.7. The molecule has 0 saturated carbocycles. The fourth-order valence-corrected chi connectivity index (χ4v) is 2.88. The molecule has 0 aliphatic rings. The van der Waals surface area contributed by atoms with Gasteiger partial charge in [-0.2, -0.15) is 5.26 Å². The molecular weight excluding hydrogens is 329 g/mol. The molecule has 0 radical (unpaired) electrons. The van der Waals surface area contributed by atoms with Crippen molar-refractivity contribution in [1.82, 2.24) is 9.55 Å². The fraction of sp³-hybridized carbons (Fsp3) is 0.571. The van der Waals surface area contributed by atoms with Gasteiger partial charge in [-0.3, -0.25) is 4.79 Å². The molecule has 0 spiro atoms. The quantitative estimate of drug-likeness (QED) is 0.710. The van der Waals surface area contributed by atoms with Crippen LogP contribution in [0, 0.1) is 29.5 Å². The number of hydrogen-bond acceptors (Lipinski definition) is 3. The van der Waals surface area contributed by atoms with Gasteiger partial charge in [0, 0.05) is 18.4 Å². The molecule has 26 heavy (non-hydrogen) atoms. The maximum Gasteiger partial charge on any atom is 0.152 e. The van der Waals surface area contributed by atoms with Crippen LogP contribution in [-0.4, -0.2) is 15.3 Å². The summed E-state index contributed by atoms with van der Waals surface area (Å²) in [6.45, 7) is 16.1. The van der Waals surface area contributed by atoms with Crippen molar-refractivity contribution >= 4 is 16.8 Å². The molecular formula is C21H30FN3O. The zero-order valence-electron chi connectivity index (χ0n) is 17.2. The Morgan fingerprint density at radius 3 is 2.19 bits per heavy atom. The third-order valence-electron chi connectivity index (χ3n) is 3.80. The average Bonchev–Trinajstić information content (AvgIpc) is 2.82. The Kier molecular flexibility index (Phi) is 6.70. The third-order valence-corrected chi connectivity index (χ3v) is 3.80. The van der Waals surface area contributed by atoms with Crippen LogP contribution in [0.4, 0.5) is 4.39 Å². The van der Waals surface area contributed by atoms with E-state index in [9.17, 15) is 9.18 Å². The minimum absolute atomic E-state index is 0.174. The summed E-state index contributed by atoms with van der Waals surface area (Å²) in [5.74, 6) is 0.675. The van der Waals surface area contributed by atoms with E-state index < -0.39 is 5.82 Å². The smallest absolute Gasteiger partial charge is 0.152 e. The van der Waals surface area contributed by atoms with Crippen LogP contribution in [0.1, 0.15) is 72.7 Å². The lowest BCUT2D eigenvalue weighted by atomic mass is 9.89. The SMILES string of the molecule is CCC(=O)CC(C)(C)C.Cc1nc2c(F)cc(C#N)cc2n1C(C)(C)C. The van der Waals surface area contributed by atoms with E-state index in [1.54, 1.807) is 6.07 Å². The summed E-state index contributed by atoms with van der Waals surface area (Å²) in [5, 5.41) is 8.88. The lowest BCUT2D eigenvalue weighted by Crippen LogP contribution is -2.22. The standard InChI is InChI=1S/C13H14FN3.C8H16O/c1-8-16-12-10(14)5-9(7-15)6-11(12)17(8)13(2,3)4;1-5-7(9)6-8(2,3)4/h5-6H,1-4H3;5-6H2,1-4H3. The van der Waals surface area contributed by atoms with E-state index in [0.717, 1.165) is 5.82 Å². The molecule has 2 rings (SSSR count). The molecule has 0 aliphatic heterocycles. The molecule has 1 heterocycles. The zero-order chi connectivity index (χ0) is 20.3. The molecule has 0 aliphatic carbocycles. The van der Waals surface area contributed by atoms with E-state index in [1.807, 2.05) is 45.3 Å². The van der Waals surface area contributed by atoms with Crippen LogP contribution in [0.5, 0.6) is 0 Å². The number of aryl methyl sites for hydroxylation is 1. The number of benzene rings is 1. The molecule has 0 saturated heterocycles. The third kappa shape index (κ3) is 5.66. The summed E-state index contributed by atoms with van der Waals surface area (Å²) in [4.78, 5) is 15.1. The number of Topliss-reactive ketones (excluding diaryl/α,β-unsaturated/α-hetero) is 1. The number of aromatic nitrogens is 2. The first-order valence-corrected chi connectivity index (χ1v) is 8.91. The van der Waals surface area contributed by atoms with Crippen molar-refractivity contribution in [1.29, 1.82) is 5.26 Å². The number of imidazole rings is 1. The van der Waals surface area contributed by atoms with E-state index in [2.05, 4.69) is 25.8 Å². The molecule has 0 fully saturated rings. The summed E-state index contributed by atoms with van der Waals surface area (Å²) in [7, 11) is 0. The number of nitrogens with zero attached hydrogens (tertiary/aromatic N) is 3. The Labute approximate surface area is 156 Å². The van der Waals surface area contributed by atoms with Crippen LogP contribution in [0.3, 0.4) is 0 Å². The fourth-order valence-electron chi connectivity index (χ4n) is 2.88. The number of ketones is 1. The van der Waals surface area contributed by atoms with E-state index in [-0.39, 0.29) is 11.0 Å². The molecule has 1 aromatic heterocycles. The van der Waals surface area contributed by atoms with Gasteiger partial charge in [-0.05, 0) is 45.2 Å². The number of nitriles is 1. The normalized spacial score (nSPS) is 11.7. The summed E-state index contributed by atoms with van der Waals surface area (Å²) in [6, 6.07) is 4.87. The summed E-state index contributed by atoms with van der Waals surface area (Å²) in [5.41, 5.74) is 1.30. The highest BCUT2D eigenvalue weighted by Gasteiger charge is 2.21. The average molecular weight is 359 g/mol. The lowest BCUT2D eigenvalue weighted by molar-refractivity contribution is -0.120. The lowest BCUT2D eigenvalue weighted by Gasteiger charge is -2.23. The zero-order valence-corrected chi connectivity index (χ0v) is 17.2. The maximum absolute atomic E-state index is 13.8. The van der Waals surface area contributed by atoms with Gasteiger partial charge >= 0.3 is 0 Å². The molecule has 0 amide bonds. The number of hydrogen-bond donors (Lipinski definition) is 0. The first-order valence-electron chi connectivity index (χ1n) is 8.91. The molecule has 5 heteroatoms. The van der Waals surface area contributed by atoms with Gasteiger partial charge in [0.25, 0.3) is 0 Å². The Morgan fingerprint density at radius 2 is 1.81 bits per heavy atom. The molecule has 0 bridgehead atoms. The number of carbonyl (C=O) groups excluding carboxylic acids is 1. The number of halogens is 1. The van der Waals surface area contributed by atoms with Gasteiger partial charge in [-0.15, -0.1) is 0 Å². The van der Waals surface area contributed by atoms with E-state index in [1.165, 1.54) is 6.07 Å². The van der Waals surface area contributed by atoms with Crippen LogP contribution in [0.2, 0.25) is 0 Å². The second kappa shape index (κ2) is 7.99. The van der Waals surface area contributed by atoms with Crippen molar-refractivity contribution in [3.8, 4) is 6.07 Å². The monoisotopic (exact) mass is 359 g/mol. The van der Waals surface area contributed by atoms with Gasteiger partial charge in [-0.25, -0.2) is 9.37 Å². The van der Waals surface area contributed by atoms with Crippen LogP contribution in [0.25, 0.3) is 11.0 Å². The minimum atomic E-state index is -0.440. The van der Waals surface area contributed by atoms with Crippen LogP contribution in [-0.2, 0) is 10.3 Å². The molecule has 0 atom stereocenters. The summed E-state index contributed by atoms with van der Waals surface area (Å²) >= 11 is 0. The van der Waals surface area contributed by atoms with E-state index in [0.29, 0.717) is 35.2 Å². The van der Waals surface area contributed by atoms with Crippen molar-refractivity contribution in [2.45, 2.75) is 73.8 Å². The predicted molar refractivity (Wildman–Crippen MR) is 104 cm³/mol. The van der Waals surface area contributed by atoms with Crippen molar-refractivity contribution in [3.05, 3.63) is 29.3 Å². The Morgan fingerprint density at radius 1 is 1.23 bits per heavy atom. The van der Waals surface area contributed by atoms with Gasteiger partial charge in [0.1, 0.15) is 17.1 Å². The number of carbonyl (C=O) groups is 1. The molecule has 0 N–H and O–H groups in total. The van der Waals surface area contributed by atoms with Crippen molar-refractivity contribution in [2.75, 3.05) is 0 Å². The molecule has 0 unspecified atom stereocenters. The van der Waals surface area contributed by atoms with Gasteiger partial charge in [0.15, 0.2) is 5.82 Å². The van der Waals surface area contributed by atoms with E-state index >= 15 is 0 Å². The van der Waals surface area contributed by atoms with Crippen LogP contribution in [0.15, 0.2) is 12.1 Å². The Bertz CT molecular complexity index is 830. The largest absolute Gasteiger partial charge is 0.323 e. The van der Waals surface area contributed by atoms with E-state index in [4.69, 9.17) is 5.26 Å². The highest BCUT2D eigenvalue weighted by atomic mass is 19.1. The molecule has 142 valence electrons. The van der Waals surface area contributed by atoms with Gasteiger partial charge in [0.05, 0.1) is 17.1 Å². The van der Waals surface area contributed by atoms with Crippen LogP contribution < -0.4 is 0 Å². The van der Waals surface area contributed by atoms with Gasteiger partial charge in [0.2, 0.25) is 0 Å². The highest BCUT2D eigenvalue weighted by Crippen LogP contribution is 2.27. The Balaban J connectivity index is 0.000000321. The van der Waals surface area contributed by atoms with Gasteiger partial charge in [-0.1, -0.05) is 27.7 Å². The number of rotatable bonds is 2. The first-order chi connectivity index (χ1) is 11.8. The molecule has 2 aromatic rings. The second-order valence-corrected chi connectivity index (χ2v) is 8.73. The predicted octanol–water partition coefficient (Wildman–Crippen LogP) is 5.51. The Hall–Kier alpha value is -2.22. The maximum atomic E-state index is 13.8. The highest BCUT2D eigenvalue weighted by molar-refractivity contribution is 5.79. The second-order valence-electron chi connectivity index (χ2n) is 8.73. The minimum Gasteiger partial charge on any atom is -0.323 e. The number of fused-ring (bicyclic) bond motifs is 1. The van der Waals surface area contributed by atoms with Crippen molar-refractivity contribution < 1.29 is 9.18 Å². The first kappa shape index (κ1) is 21.8. The molecule has 4 nitrogen and oxygen atoms in total. The van der Waals surface area contributed by atoms with Crippen molar-refractivity contribution in [3.63, 3.8) is 0 Å².